The summed E-state index contributed by atoms with van der Waals surface area (Å²) in [5.74, 6) is 0.391. The number of ether oxygens (including phenoxy) is 1. The summed E-state index contributed by atoms with van der Waals surface area (Å²) in [6.07, 6.45) is 3.46. The normalized spacial score (nSPS) is 19.1. The first-order valence-corrected chi connectivity index (χ1v) is 7.82. The summed E-state index contributed by atoms with van der Waals surface area (Å²) in [5, 5.41) is 4.28. The average molecular weight is 341 g/mol. The molecule has 0 unspecified atom stereocenters. The van der Waals surface area contributed by atoms with Crippen molar-refractivity contribution in [3.8, 4) is 5.75 Å². The number of rotatable bonds is 4. The maximum Gasteiger partial charge on any atom is 0.141 e. The Bertz CT molecular complexity index is 662. The van der Waals surface area contributed by atoms with E-state index in [9.17, 15) is 4.39 Å². The Morgan fingerprint density at radius 2 is 2.14 bits per heavy atom. The SMILES string of the molecule is Fc1cncc([C@H](Oc2ccc(Cl)cc2Cl)[C@H]2CCNC2)c1. The minimum absolute atomic E-state index is 0.232. The van der Waals surface area contributed by atoms with Crippen LogP contribution < -0.4 is 10.1 Å². The largest absolute Gasteiger partial charge is 0.484 e. The number of hydrogen-bond donors (Lipinski definition) is 1. The lowest BCUT2D eigenvalue weighted by Crippen LogP contribution is -2.21. The first-order valence-electron chi connectivity index (χ1n) is 7.06. The van der Waals surface area contributed by atoms with Gasteiger partial charge >= 0.3 is 0 Å². The van der Waals surface area contributed by atoms with Gasteiger partial charge in [-0.05, 0) is 37.2 Å². The summed E-state index contributed by atoms with van der Waals surface area (Å²) in [7, 11) is 0. The molecule has 3 nitrogen and oxygen atoms in total. The molecule has 1 N–H and O–H groups in total. The lowest BCUT2D eigenvalue weighted by Gasteiger charge is -2.25. The third-order valence-corrected chi connectivity index (χ3v) is 4.26. The predicted molar refractivity (Wildman–Crippen MR) is 85.0 cm³/mol. The van der Waals surface area contributed by atoms with Crippen LogP contribution in [0.3, 0.4) is 0 Å². The van der Waals surface area contributed by atoms with Gasteiger partial charge < -0.3 is 10.1 Å². The molecule has 0 amide bonds. The van der Waals surface area contributed by atoms with Crippen molar-refractivity contribution in [3.63, 3.8) is 0 Å². The van der Waals surface area contributed by atoms with Crippen LogP contribution in [-0.2, 0) is 0 Å². The second kappa shape index (κ2) is 6.82. The second-order valence-corrected chi connectivity index (χ2v) is 6.15. The molecule has 1 aliphatic heterocycles. The van der Waals surface area contributed by atoms with Gasteiger partial charge in [0, 0.05) is 29.2 Å². The number of aromatic nitrogens is 1. The molecule has 0 aliphatic carbocycles. The predicted octanol–water partition coefficient (Wildman–Crippen LogP) is 4.26. The Kier molecular flexibility index (Phi) is 4.81. The molecule has 22 heavy (non-hydrogen) atoms. The lowest BCUT2D eigenvalue weighted by atomic mass is 9.96. The zero-order chi connectivity index (χ0) is 15.5. The van der Waals surface area contributed by atoms with Crippen molar-refractivity contribution in [2.75, 3.05) is 13.1 Å². The zero-order valence-corrected chi connectivity index (χ0v) is 13.2. The van der Waals surface area contributed by atoms with Gasteiger partial charge in [0.25, 0.3) is 0 Å². The first-order chi connectivity index (χ1) is 10.6. The van der Waals surface area contributed by atoms with Gasteiger partial charge in [-0.2, -0.15) is 0 Å². The van der Waals surface area contributed by atoms with Crippen LogP contribution >= 0.6 is 23.2 Å². The molecule has 2 aromatic rings. The molecular weight excluding hydrogens is 326 g/mol. The van der Waals surface area contributed by atoms with Crippen LogP contribution in [0.1, 0.15) is 18.1 Å². The molecule has 2 heterocycles. The Morgan fingerprint density at radius 3 is 2.82 bits per heavy atom. The van der Waals surface area contributed by atoms with Gasteiger partial charge in [-0.3, -0.25) is 4.98 Å². The fourth-order valence-electron chi connectivity index (χ4n) is 2.66. The van der Waals surface area contributed by atoms with Gasteiger partial charge in [0.2, 0.25) is 0 Å². The second-order valence-electron chi connectivity index (χ2n) is 5.30. The standard InChI is InChI=1S/C16H15Cl2FN2O/c17-12-1-2-15(14(18)6-12)22-16(10-3-4-20-7-10)11-5-13(19)9-21-8-11/h1-2,5-6,8-10,16,20H,3-4,7H2/t10-,16+/m0/s1. The van der Waals surface area contributed by atoms with Crippen molar-refractivity contribution in [2.45, 2.75) is 12.5 Å². The van der Waals surface area contributed by atoms with E-state index < -0.39 is 0 Å². The third-order valence-electron chi connectivity index (χ3n) is 3.73. The van der Waals surface area contributed by atoms with Crippen LogP contribution in [-0.4, -0.2) is 18.1 Å². The van der Waals surface area contributed by atoms with Gasteiger partial charge in [-0.25, -0.2) is 4.39 Å². The van der Waals surface area contributed by atoms with Gasteiger partial charge in [0.1, 0.15) is 17.7 Å². The number of nitrogens with one attached hydrogen (secondary N) is 1. The van der Waals surface area contributed by atoms with E-state index in [0.717, 1.165) is 19.5 Å². The maximum atomic E-state index is 13.5. The van der Waals surface area contributed by atoms with Crippen LogP contribution in [0.4, 0.5) is 4.39 Å². The number of pyridine rings is 1. The van der Waals surface area contributed by atoms with Crippen molar-refractivity contribution in [2.24, 2.45) is 5.92 Å². The molecule has 6 heteroatoms. The lowest BCUT2D eigenvalue weighted by molar-refractivity contribution is 0.144. The van der Waals surface area contributed by atoms with E-state index in [2.05, 4.69) is 10.3 Å². The van der Waals surface area contributed by atoms with Crippen LogP contribution in [0.15, 0.2) is 36.7 Å². The van der Waals surface area contributed by atoms with E-state index >= 15 is 0 Å². The van der Waals surface area contributed by atoms with E-state index in [-0.39, 0.29) is 17.8 Å². The zero-order valence-electron chi connectivity index (χ0n) is 11.7. The highest BCUT2D eigenvalue weighted by atomic mass is 35.5. The number of nitrogens with zero attached hydrogens (tertiary/aromatic N) is 1. The Hall–Kier alpha value is -1.36. The summed E-state index contributed by atoms with van der Waals surface area (Å²) >= 11 is 12.1. The number of hydrogen-bond acceptors (Lipinski definition) is 3. The minimum Gasteiger partial charge on any atom is -0.484 e. The van der Waals surface area contributed by atoms with Crippen molar-refractivity contribution >= 4 is 23.2 Å². The maximum absolute atomic E-state index is 13.5. The molecule has 0 spiro atoms. The topological polar surface area (TPSA) is 34.1 Å². The molecule has 116 valence electrons. The Balaban J connectivity index is 1.91. The third kappa shape index (κ3) is 3.51. The highest BCUT2D eigenvalue weighted by Gasteiger charge is 2.29. The highest BCUT2D eigenvalue weighted by molar-refractivity contribution is 6.35. The quantitative estimate of drug-likeness (QED) is 0.902. The van der Waals surface area contributed by atoms with Gasteiger partial charge in [-0.1, -0.05) is 23.2 Å². The molecule has 1 saturated heterocycles. The molecule has 2 atom stereocenters. The molecule has 1 aliphatic rings. The Labute approximate surface area is 138 Å². The van der Waals surface area contributed by atoms with Crippen LogP contribution in [0, 0.1) is 11.7 Å². The Morgan fingerprint density at radius 1 is 1.27 bits per heavy atom. The number of halogens is 3. The summed E-state index contributed by atoms with van der Waals surface area (Å²) in [5.41, 5.74) is 0.708. The van der Waals surface area contributed by atoms with Crippen molar-refractivity contribution < 1.29 is 9.13 Å². The highest BCUT2D eigenvalue weighted by Crippen LogP contribution is 2.36. The summed E-state index contributed by atoms with van der Waals surface area (Å²) < 4.78 is 19.6. The molecule has 3 rings (SSSR count). The van der Waals surface area contributed by atoms with Gasteiger partial charge in [0.15, 0.2) is 0 Å². The fourth-order valence-corrected chi connectivity index (χ4v) is 3.12. The summed E-state index contributed by atoms with van der Waals surface area (Å²) in [4.78, 5) is 3.93. The molecule has 1 aromatic heterocycles. The molecule has 1 aromatic carbocycles. The van der Waals surface area contributed by atoms with Crippen molar-refractivity contribution in [1.82, 2.24) is 10.3 Å². The smallest absolute Gasteiger partial charge is 0.141 e. The van der Waals surface area contributed by atoms with E-state index in [0.29, 0.717) is 21.4 Å². The average Bonchev–Trinajstić information content (AvgIpc) is 3.00. The number of benzene rings is 1. The molecule has 1 fully saturated rings. The van der Waals surface area contributed by atoms with E-state index in [4.69, 9.17) is 27.9 Å². The van der Waals surface area contributed by atoms with Crippen LogP contribution in [0.2, 0.25) is 10.0 Å². The first kappa shape index (κ1) is 15.5. The molecule has 0 saturated carbocycles. The van der Waals surface area contributed by atoms with Gasteiger partial charge in [-0.15, -0.1) is 0 Å². The molecule has 0 bridgehead atoms. The van der Waals surface area contributed by atoms with Crippen molar-refractivity contribution in [1.29, 1.82) is 0 Å². The van der Waals surface area contributed by atoms with E-state index in [1.54, 1.807) is 24.4 Å². The van der Waals surface area contributed by atoms with Gasteiger partial charge in [0.05, 0.1) is 11.2 Å². The van der Waals surface area contributed by atoms with E-state index in [1.165, 1.54) is 12.3 Å². The molecule has 0 radical (unpaired) electrons. The fraction of sp³-hybridized carbons (Fsp3) is 0.312. The van der Waals surface area contributed by atoms with Crippen molar-refractivity contribution in [3.05, 3.63) is 58.1 Å². The van der Waals surface area contributed by atoms with Crippen LogP contribution in [0.25, 0.3) is 0 Å². The molecular formula is C16H15Cl2FN2O. The van der Waals surface area contributed by atoms with E-state index in [1.807, 2.05) is 0 Å². The summed E-state index contributed by atoms with van der Waals surface area (Å²) in [6, 6.07) is 6.54. The summed E-state index contributed by atoms with van der Waals surface area (Å²) in [6.45, 7) is 1.73. The minimum atomic E-state index is -0.376. The monoisotopic (exact) mass is 340 g/mol. The van der Waals surface area contributed by atoms with Crippen LogP contribution in [0.5, 0.6) is 5.75 Å².